The molecular weight excluding hydrogens is 234 g/mol. The van der Waals surface area contributed by atoms with E-state index >= 15 is 0 Å². The molecule has 1 rings (SSSR count). The van der Waals surface area contributed by atoms with Gasteiger partial charge in [0.25, 0.3) is 0 Å². The third kappa shape index (κ3) is 3.12. The highest BCUT2D eigenvalue weighted by atomic mass is 79.9. The highest BCUT2D eigenvalue weighted by molar-refractivity contribution is 9.09. The van der Waals surface area contributed by atoms with Crippen LogP contribution in [0.25, 0.3) is 0 Å². The SMILES string of the molecule is CCCN1CC(C(=O)O)=CC(Br)C1. The summed E-state index contributed by atoms with van der Waals surface area (Å²) in [5, 5.41) is 8.83. The number of aliphatic carboxylic acids is 1. The molecule has 1 aliphatic rings. The summed E-state index contributed by atoms with van der Waals surface area (Å²) in [4.78, 5) is 13.1. The maximum atomic E-state index is 10.7. The zero-order valence-corrected chi connectivity index (χ0v) is 9.25. The largest absolute Gasteiger partial charge is 0.478 e. The van der Waals surface area contributed by atoms with E-state index in [1.807, 2.05) is 0 Å². The number of hydrogen-bond acceptors (Lipinski definition) is 2. The van der Waals surface area contributed by atoms with Gasteiger partial charge in [-0.05, 0) is 13.0 Å². The van der Waals surface area contributed by atoms with Crippen molar-refractivity contribution in [2.45, 2.75) is 18.2 Å². The Kier molecular flexibility index (Phi) is 3.93. The van der Waals surface area contributed by atoms with Gasteiger partial charge in [0.05, 0.1) is 0 Å². The van der Waals surface area contributed by atoms with E-state index in [2.05, 4.69) is 27.8 Å². The van der Waals surface area contributed by atoms with Crippen LogP contribution in [0.1, 0.15) is 13.3 Å². The van der Waals surface area contributed by atoms with Crippen LogP contribution in [0.5, 0.6) is 0 Å². The second kappa shape index (κ2) is 4.77. The van der Waals surface area contributed by atoms with Crippen molar-refractivity contribution >= 4 is 21.9 Å². The van der Waals surface area contributed by atoms with E-state index in [1.54, 1.807) is 6.08 Å². The zero-order chi connectivity index (χ0) is 9.84. The average molecular weight is 248 g/mol. The first-order valence-electron chi connectivity index (χ1n) is 4.44. The molecule has 4 heteroatoms. The predicted molar refractivity (Wildman–Crippen MR) is 55.2 cm³/mol. The molecule has 0 fully saturated rings. The minimum atomic E-state index is -0.801. The first kappa shape index (κ1) is 10.7. The summed E-state index contributed by atoms with van der Waals surface area (Å²) in [6, 6.07) is 0. The molecule has 0 radical (unpaired) electrons. The van der Waals surface area contributed by atoms with Crippen LogP contribution in [-0.2, 0) is 4.79 Å². The normalized spacial score (nSPS) is 24.2. The summed E-state index contributed by atoms with van der Waals surface area (Å²) in [5.74, 6) is -0.801. The summed E-state index contributed by atoms with van der Waals surface area (Å²) in [6.07, 6.45) is 2.85. The highest BCUT2D eigenvalue weighted by Gasteiger charge is 2.21. The van der Waals surface area contributed by atoms with Gasteiger partial charge in [-0.15, -0.1) is 0 Å². The number of carboxylic acids is 1. The fourth-order valence-electron chi connectivity index (χ4n) is 1.50. The van der Waals surface area contributed by atoms with Gasteiger partial charge >= 0.3 is 5.97 Å². The van der Waals surface area contributed by atoms with E-state index in [4.69, 9.17) is 5.11 Å². The van der Waals surface area contributed by atoms with Gasteiger partial charge in [-0.2, -0.15) is 0 Å². The molecule has 1 N–H and O–H groups in total. The van der Waals surface area contributed by atoms with E-state index in [0.29, 0.717) is 12.1 Å². The fourth-order valence-corrected chi connectivity index (χ4v) is 2.23. The van der Waals surface area contributed by atoms with Crippen molar-refractivity contribution in [1.29, 1.82) is 0 Å². The van der Waals surface area contributed by atoms with Crippen LogP contribution in [0.3, 0.4) is 0 Å². The van der Waals surface area contributed by atoms with E-state index in [1.165, 1.54) is 0 Å². The lowest BCUT2D eigenvalue weighted by Crippen LogP contribution is -2.37. The Labute approximate surface area is 86.5 Å². The van der Waals surface area contributed by atoms with Crippen molar-refractivity contribution < 1.29 is 9.90 Å². The summed E-state index contributed by atoms with van der Waals surface area (Å²) in [6.45, 7) is 4.55. The minimum absolute atomic E-state index is 0.180. The van der Waals surface area contributed by atoms with Crippen LogP contribution in [0, 0.1) is 0 Å². The van der Waals surface area contributed by atoms with E-state index in [0.717, 1.165) is 19.5 Å². The Bertz CT molecular complexity index is 228. The monoisotopic (exact) mass is 247 g/mol. The van der Waals surface area contributed by atoms with Gasteiger partial charge in [-0.25, -0.2) is 4.79 Å². The Hall–Kier alpha value is -0.350. The van der Waals surface area contributed by atoms with Crippen LogP contribution in [-0.4, -0.2) is 40.4 Å². The maximum Gasteiger partial charge on any atom is 0.332 e. The standard InChI is InChI=1S/C9H14BrNO2/c1-2-3-11-5-7(9(12)13)4-8(10)6-11/h4,8H,2-3,5-6H2,1H3,(H,12,13). The summed E-state index contributed by atoms with van der Waals surface area (Å²) in [5.41, 5.74) is 0.501. The van der Waals surface area contributed by atoms with Gasteiger partial charge < -0.3 is 5.11 Å². The van der Waals surface area contributed by atoms with Crippen LogP contribution in [0.2, 0.25) is 0 Å². The van der Waals surface area contributed by atoms with Crippen molar-refractivity contribution in [2.75, 3.05) is 19.6 Å². The van der Waals surface area contributed by atoms with Crippen LogP contribution in [0.15, 0.2) is 11.6 Å². The van der Waals surface area contributed by atoms with Gasteiger partial charge in [-0.1, -0.05) is 28.9 Å². The Morgan fingerprint density at radius 2 is 2.54 bits per heavy atom. The molecule has 0 saturated carbocycles. The zero-order valence-electron chi connectivity index (χ0n) is 7.66. The number of rotatable bonds is 3. The second-order valence-corrected chi connectivity index (χ2v) is 4.42. The van der Waals surface area contributed by atoms with E-state index < -0.39 is 5.97 Å². The molecule has 1 heterocycles. The maximum absolute atomic E-state index is 10.7. The van der Waals surface area contributed by atoms with E-state index in [9.17, 15) is 4.79 Å². The lowest BCUT2D eigenvalue weighted by atomic mass is 10.1. The Balaban J connectivity index is 2.61. The third-order valence-electron chi connectivity index (χ3n) is 2.02. The Morgan fingerprint density at radius 3 is 3.08 bits per heavy atom. The lowest BCUT2D eigenvalue weighted by Gasteiger charge is -2.27. The van der Waals surface area contributed by atoms with Gasteiger partial charge in [-0.3, -0.25) is 4.90 Å². The lowest BCUT2D eigenvalue weighted by molar-refractivity contribution is -0.133. The summed E-state index contributed by atoms with van der Waals surface area (Å²) < 4.78 is 0. The van der Waals surface area contributed by atoms with Crippen LogP contribution < -0.4 is 0 Å². The molecule has 0 aromatic heterocycles. The number of hydrogen-bond donors (Lipinski definition) is 1. The number of alkyl halides is 1. The minimum Gasteiger partial charge on any atom is -0.478 e. The molecule has 0 bridgehead atoms. The second-order valence-electron chi connectivity index (χ2n) is 3.25. The molecule has 1 aliphatic heterocycles. The average Bonchev–Trinajstić information content (AvgIpc) is 2.03. The van der Waals surface area contributed by atoms with Crippen LogP contribution >= 0.6 is 15.9 Å². The van der Waals surface area contributed by atoms with Crippen LogP contribution in [0.4, 0.5) is 0 Å². The number of halogens is 1. The quantitative estimate of drug-likeness (QED) is 0.769. The van der Waals surface area contributed by atoms with Crippen molar-refractivity contribution in [3.8, 4) is 0 Å². The molecule has 13 heavy (non-hydrogen) atoms. The third-order valence-corrected chi connectivity index (χ3v) is 2.58. The number of carbonyl (C=O) groups is 1. The smallest absolute Gasteiger partial charge is 0.332 e. The first-order chi connectivity index (χ1) is 6.13. The molecule has 3 nitrogen and oxygen atoms in total. The predicted octanol–water partition coefficient (Wildman–Crippen LogP) is 1.49. The van der Waals surface area contributed by atoms with Gasteiger partial charge in [0.1, 0.15) is 0 Å². The highest BCUT2D eigenvalue weighted by Crippen LogP contribution is 2.16. The summed E-state index contributed by atoms with van der Waals surface area (Å²) in [7, 11) is 0. The van der Waals surface area contributed by atoms with Gasteiger partial charge in [0, 0.05) is 23.5 Å². The number of carboxylic acid groups (broad SMARTS) is 1. The molecule has 74 valence electrons. The first-order valence-corrected chi connectivity index (χ1v) is 5.35. The molecule has 0 saturated heterocycles. The fraction of sp³-hybridized carbons (Fsp3) is 0.667. The molecule has 0 aromatic carbocycles. The van der Waals surface area contributed by atoms with Gasteiger partial charge in [0.2, 0.25) is 0 Å². The van der Waals surface area contributed by atoms with Gasteiger partial charge in [0.15, 0.2) is 0 Å². The molecule has 1 unspecified atom stereocenters. The molecule has 0 aliphatic carbocycles. The Morgan fingerprint density at radius 1 is 1.85 bits per heavy atom. The van der Waals surface area contributed by atoms with Crippen molar-refractivity contribution in [3.63, 3.8) is 0 Å². The molecule has 0 spiro atoms. The van der Waals surface area contributed by atoms with Crippen molar-refractivity contribution in [1.82, 2.24) is 4.90 Å². The number of nitrogens with zero attached hydrogens (tertiary/aromatic N) is 1. The molecular formula is C9H14BrNO2. The topological polar surface area (TPSA) is 40.5 Å². The summed E-state index contributed by atoms with van der Waals surface area (Å²) >= 11 is 3.43. The van der Waals surface area contributed by atoms with Crippen molar-refractivity contribution in [2.24, 2.45) is 0 Å². The van der Waals surface area contributed by atoms with E-state index in [-0.39, 0.29) is 4.83 Å². The molecule has 0 amide bonds. The molecule has 1 atom stereocenters. The van der Waals surface area contributed by atoms with Crippen molar-refractivity contribution in [3.05, 3.63) is 11.6 Å². The molecule has 0 aromatic rings.